The third-order valence-corrected chi connectivity index (χ3v) is 8.08. The number of allylic oxidation sites excluding steroid dienone is 1. The summed E-state index contributed by atoms with van der Waals surface area (Å²) in [6.45, 7) is 4.57. The predicted molar refractivity (Wildman–Crippen MR) is 94.9 cm³/mol. The van der Waals surface area contributed by atoms with Crippen LogP contribution in [0, 0.1) is 28.6 Å². The third kappa shape index (κ3) is 2.62. The molecule has 0 amide bonds. The number of hydrogen-bond donors (Lipinski definition) is 0. The molecule has 0 heterocycles. The third-order valence-electron chi connectivity index (χ3n) is 8.08. The summed E-state index contributed by atoms with van der Waals surface area (Å²) in [4.78, 5) is 35.0. The molecule has 4 aliphatic carbocycles. The lowest BCUT2D eigenvalue weighted by atomic mass is 9.48. The van der Waals surface area contributed by atoms with E-state index in [1.54, 1.807) is 0 Å². The highest BCUT2D eigenvalue weighted by Gasteiger charge is 2.60. The number of ketones is 2. The molecule has 3 fully saturated rings. The van der Waals surface area contributed by atoms with Crippen molar-refractivity contribution in [3.8, 4) is 0 Å². The number of ether oxygens (including phenoxy) is 1. The van der Waals surface area contributed by atoms with E-state index in [0.29, 0.717) is 18.1 Å². The van der Waals surface area contributed by atoms with E-state index >= 15 is 0 Å². The predicted octanol–water partition coefficient (Wildman–Crippen LogP) is 3.62. The summed E-state index contributed by atoms with van der Waals surface area (Å²) >= 11 is 0. The molecule has 6 atom stereocenters. The highest BCUT2D eigenvalue weighted by Crippen LogP contribution is 2.63. The first-order valence-corrected chi connectivity index (χ1v) is 9.95. The zero-order valence-corrected chi connectivity index (χ0v) is 16.1. The maximum absolute atomic E-state index is 13.1. The molecule has 5 heteroatoms. The number of carbonyl (C=O) groups is 2. The SMILES string of the molecule is COOCO[C@H]1CC[C@@]2(C)C(=CC(=O)C3C2CC[C@]2(C)C(=O)CCC32)C1. The molecule has 0 aromatic heterocycles. The lowest BCUT2D eigenvalue weighted by Gasteiger charge is -2.56. The Morgan fingerprint density at radius 3 is 2.58 bits per heavy atom. The lowest BCUT2D eigenvalue weighted by molar-refractivity contribution is -0.326. The zero-order valence-electron chi connectivity index (χ0n) is 16.1. The van der Waals surface area contributed by atoms with Crippen LogP contribution in [0.3, 0.4) is 0 Å². The molecule has 0 saturated heterocycles. The normalized spacial score (nSPS) is 45.0. The van der Waals surface area contributed by atoms with E-state index in [2.05, 4.69) is 18.7 Å². The first-order chi connectivity index (χ1) is 12.4. The highest BCUT2D eigenvalue weighted by molar-refractivity contribution is 5.96. The van der Waals surface area contributed by atoms with Crippen LogP contribution < -0.4 is 0 Å². The van der Waals surface area contributed by atoms with Gasteiger partial charge in [0.1, 0.15) is 5.78 Å². The molecule has 0 bridgehead atoms. The van der Waals surface area contributed by atoms with Crippen LogP contribution in [0.25, 0.3) is 0 Å². The Kier molecular flexibility index (Phi) is 4.61. The summed E-state index contributed by atoms with van der Waals surface area (Å²) in [6.07, 6.45) is 8.25. The molecule has 0 N–H and O–H groups in total. The minimum Gasteiger partial charge on any atom is -0.349 e. The largest absolute Gasteiger partial charge is 0.349 e. The van der Waals surface area contributed by atoms with Gasteiger partial charge in [0.25, 0.3) is 0 Å². The Bertz CT molecular complexity index is 640. The summed E-state index contributed by atoms with van der Waals surface area (Å²) in [5, 5.41) is 0. The molecule has 3 saturated carbocycles. The molecule has 26 heavy (non-hydrogen) atoms. The van der Waals surface area contributed by atoms with Crippen molar-refractivity contribution >= 4 is 11.6 Å². The summed E-state index contributed by atoms with van der Waals surface area (Å²) < 4.78 is 5.74. The number of fused-ring (bicyclic) bond motifs is 5. The second kappa shape index (κ2) is 6.54. The molecule has 0 radical (unpaired) electrons. The number of rotatable bonds is 4. The summed E-state index contributed by atoms with van der Waals surface area (Å²) in [5.74, 6) is 1.27. The van der Waals surface area contributed by atoms with Crippen molar-refractivity contribution in [3.05, 3.63) is 11.6 Å². The first-order valence-electron chi connectivity index (χ1n) is 9.95. The molecule has 3 unspecified atom stereocenters. The van der Waals surface area contributed by atoms with Crippen LogP contribution in [-0.4, -0.2) is 31.6 Å². The molecular formula is C21H30O5. The molecular weight excluding hydrogens is 332 g/mol. The average molecular weight is 362 g/mol. The minimum atomic E-state index is -0.268. The second-order valence-corrected chi connectivity index (χ2v) is 9.08. The van der Waals surface area contributed by atoms with Crippen molar-refractivity contribution in [2.24, 2.45) is 28.6 Å². The van der Waals surface area contributed by atoms with E-state index in [9.17, 15) is 9.59 Å². The van der Waals surface area contributed by atoms with Crippen molar-refractivity contribution in [2.75, 3.05) is 13.9 Å². The van der Waals surface area contributed by atoms with Crippen LogP contribution in [0.4, 0.5) is 0 Å². The highest BCUT2D eigenvalue weighted by atomic mass is 17.2. The van der Waals surface area contributed by atoms with Gasteiger partial charge in [-0.05, 0) is 61.9 Å². The maximum Gasteiger partial charge on any atom is 0.181 e. The Morgan fingerprint density at radius 1 is 1.08 bits per heavy atom. The minimum absolute atomic E-state index is 0.0308. The van der Waals surface area contributed by atoms with Crippen LogP contribution in [0.2, 0.25) is 0 Å². The van der Waals surface area contributed by atoms with E-state index in [1.165, 1.54) is 12.7 Å². The molecule has 0 aliphatic heterocycles. The van der Waals surface area contributed by atoms with Gasteiger partial charge in [0, 0.05) is 17.8 Å². The van der Waals surface area contributed by atoms with Crippen LogP contribution in [-0.2, 0) is 24.1 Å². The maximum atomic E-state index is 13.1. The van der Waals surface area contributed by atoms with Crippen LogP contribution in [0.5, 0.6) is 0 Å². The fourth-order valence-electron chi connectivity index (χ4n) is 6.46. The summed E-state index contributed by atoms with van der Waals surface area (Å²) in [6, 6.07) is 0. The molecule has 5 nitrogen and oxygen atoms in total. The van der Waals surface area contributed by atoms with E-state index in [-0.39, 0.29) is 41.3 Å². The average Bonchev–Trinajstić information content (AvgIpc) is 2.92. The Balaban J connectivity index is 1.58. The summed E-state index contributed by atoms with van der Waals surface area (Å²) in [5.41, 5.74) is 1.04. The van der Waals surface area contributed by atoms with Crippen LogP contribution in [0.1, 0.15) is 58.8 Å². The van der Waals surface area contributed by atoms with Gasteiger partial charge in [0.2, 0.25) is 0 Å². The van der Waals surface area contributed by atoms with Gasteiger partial charge in [-0.1, -0.05) is 19.4 Å². The van der Waals surface area contributed by atoms with Gasteiger partial charge in [-0.15, -0.1) is 0 Å². The standard InChI is InChI=1S/C21H30O5/c1-20-8-6-14(25-12-26-24-3)10-13(20)11-17(22)19-15-4-5-18(23)21(15,2)9-7-16(19)20/h11,14-16,19H,4-10,12H2,1-3H3/t14-,15?,16?,19?,20-,21-/m0/s1. The summed E-state index contributed by atoms with van der Waals surface area (Å²) in [7, 11) is 1.47. The molecule has 4 rings (SSSR count). The van der Waals surface area contributed by atoms with Gasteiger partial charge in [0.05, 0.1) is 13.2 Å². The smallest absolute Gasteiger partial charge is 0.181 e. The molecule has 0 aromatic rings. The van der Waals surface area contributed by atoms with Crippen molar-refractivity contribution in [3.63, 3.8) is 0 Å². The fraction of sp³-hybridized carbons (Fsp3) is 0.810. The lowest BCUT2D eigenvalue weighted by Crippen LogP contribution is -2.53. The van der Waals surface area contributed by atoms with E-state index < -0.39 is 0 Å². The quantitative estimate of drug-likeness (QED) is 0.331. The molecule has 0 spiro atoms. The van der Waals surface area contributed by atoms with Gasteiger partial charge in [-0.25, -0.2) is 9.78 Å². The Morgan fingerprint density at radius 2 is 1.81 bits per heavy atom. The van der Waals surface area contributed by atoms with E-state index in [1.807, 2.05) is 6.08 Å². The zero-order chi connectivity index (χ0) is 18.5. The van der Waals surface area contributed by atoms with Gasteiger partial charge >= 0.3 is 0 Å². The van der Waals surface area contributed by atoms with Gasteiger partial charge in [-0.3, -0.25) is 9.59 Å². The van der Waals surface area contributed by atoms with Crippen molar-refractivity contribution in [2.45, 2.75) is 64.9 Å². The molecule has 4 aliphatic rings. The molecule has 0 aromatic carbocycles. The topological polar surface area (TPSA) is 61.8 Å². The Labute approximate surface area is 155 Å². The number of Topliss-reactive ketones (excluding diaryl/α,β-unsaturated/α-hetero) is 1. The monoisotopic (exact) mass is 362 g/mol. The van der Waals surface area contributed by atoms with Gasteiger partial charge in [-0.2, -0.15) is 0 Å². The fourth-order valence-corrected chi connectivity index (χ4v) is 6.46. The van der Waals surface area contributed by atoms with Crippen LogP contribution >= 0.6 is 0 Å². The second-order valence-electron chi connectivity index (χ2n) is 9.08. The van der Waals surface area contributed by atoms with Crippen molar-refractivity contribution < 1.29 is 24.1 Å². The Hall–Kier alpha value is -1.04. The number of carbonyl (C=O) groups excluding carboxylic acids is 2. The van der Waals surface area contributed by atoms with Crippen molar-refractivity contribution in [1.29, 1.82) is 0 Å². The van der Waals surface area contributed by atoms with E-state index in [0.717, 1.165) is 38.5 Å². The number of hydrogen-bond acceptors (Lipinski definition) is 5. The van der Waals surface area contributed by atoms with E-state index in [4.69, 9.17) is 9.62 Å². The molecule has 144 valence electrons. The van der Waals surface area contributed by atoms with Gasteiger partial charge < -0.3 is 4.74 Å². The van der Waals surface area contributed by atoms with Crippen molar-refractivity contribution in [1.82, 2.24) is 0 Å². The van der Waals surface area contributed by atoms with Gasteiger partial charge in [0.15, 0.2) is 12.6 Å². The van der Waals surface area contributed by atoms with Crippen LogP contribution in [0.15, 0.2) is 11.6 Å². The first kappa shape index (κ1) is 18.3.